The number of pyridine rings is 1. The number of hydrogen-bond donors (Lipinski definition) is 1. The van der Waals surface area contributed by atoms with Gasteiger partial charge in [-0.3, -0.25) is 9.59 Å². The Morgan fingerprint density at radius 3 is 2.24 bits per heavy atom. The molecular formula is C22H29N5O5S. The highest BCUT2D eigenvalue weighted by Gasteiger charge is 2.29. The van der Waals surface area contributed by atoms with Gasteiger partial charge in [-0.1, -0.05) is 0 Å². The number of amides is 1. The molecule has 33 heavy (non-hydrogen) atoms. The number of morpholine rings is 1. The number of H-pyrrole nitrogens is 1. The fourth-order valence-electron chi connectivity index (χ4n) is 4.44. The van der Waals surface area contributed by atoms with E-state index in [2.05, 4.69) is 9.97 Å². The van der Waals surface area contributed by atoms with Gasteiger partial charge in [0.1, 0.15) is 16.4 Å². The maximum atomic E-state index is 13.0. The second-order valence-electron chi connectivity index (χ2n) is 8.33. The quantitative estimate of drug-likeness (QED) is 0.646. The van der Waals surface area contributed by atoms with Crippen molar-refractivity contribution in [2.45, 2.75) is 25.7 Å². The molecule has 4 rings (SSSR count). The van der Waals surface area contributed by atoms with Gasteiger partial charge >= 0.3 is 0 Å². The summed E-state index contributed by atoms with van der Waals surface area (Å²) in [5.74, 6) is 0.492. The summed E-state index contributed by atoms with van der Waals surface area (Å²) < 4.78 is 32.2. The molecule has 4 heterocycles. The molecule has 2 aromatic heterocycles. The minimum atomic E-state index is -3.58. The average molecular weight is 476 g/mol. The summed E-state index contributed by atoms with van der Waals surface area (Å²) >= 11 is 0. The molecule has 0 atom stereocenters. The van der Waals surface area contributed by atoms with Crippen molar-refractivity contribution < 1.29 is 22.7 Å². The van der Waals surface area contributed by atoms with Crippen molar-refractivity contribution in [2.24, 2.45) is 0 Å². The molecule has 178 valence electrons. The summed E-state index contributed by atoms with van der Waals surface area (Å²) in [5.41, 5.74) is 2.43. The number of aryl methyl sites for hydroxylation is 1. The standard InChI is InChI=1S/C22H29N5O5S/c1-15-20(17(3)28)16(2)24-21(15)22(29)26-8-6-25(7-9-26)19-5-4-18(14-23-19)33(30,31)27-10-12-32-13-11-27/h4-5,14,24H,6-13H2,1-3H3. The molecule has 2 aromatic rings. The van der Waals surface area contributed by atoms with Crippen LogP contribution in [-0.4, -0.2) is 91.8 Å². The molecule has 1 amide bonds. The smallest absolute Gasteiger partial charge is 0.270 e. The number of piperazine rings is 1. The zero-order valence-corrected chi connectivity index (χ0v) is 19.9. The lowest BCUT2D eigenvalue weighted by Crippen LogP contribution is -2.49. The first-order valence-electron chi connectivity index (χ1n) is 11.0. The number of rotatable bonds is 5. The number of hydrogen-bond acceptors (Lipinski definition) is 7. The summed E-state index contributed by atoms with van der Waals surface area (Å²) in [5, 5.41) is 0. The predicted molar refractivity (Wildman–Crippen MR) is 122 cm³/mol. The molecule has 2 aliphatic heterocycles. The summed E-state index contributed by atoms with van der Waals surface area (Å²) in [6.45, 7) is 8.72. The SMILES string of the molecule is CC(=O)c1c(C)[nH]c(C(=O)N2CCN(c3ccc(S(=O)(=O)N4CCOCC4)cn3)CC2)c1C. The lowest BCUT2D eigenvalue weighted by molar-refractivity contribution is 0.0730. The third kappa shape index (κ3) is 4.53. The van der Waals surface area contributed by atoms with E-state index < -0.39 is 10.0 Å². The Kier molecular flexibility index (Phi) is 6.55. The highest BCUT2D eigenvalue weighted by Crippen LogP contribution is 2.23. The fourth-order valence-corrected chi connectivity index (χ4v) is 5.79. The molecular weight excluding hydrogens is 446 g/mol. The number of carbonyl (C=O) groups excluding carboxylic acids is 2. The number of Topliss-reactive ketones (excluding diaryl/α,β-unsaturated/α-hetero) is 1. The highest BCUT2D eigenvalue weighted by molar-refractivity contribution is 7.89. The van der Waals surface area contributed by atoms with Crippen LogP contribution in [0.25, 0.3) is 0 Å². The van der Waals surface area contributed by atoms with Gasteiger partial charge in [-0.2, -0.15) is 4.31 Å². The third-order valence-corrected chi connectivity index (χ3v) is 8.11. The van der Waals surface area contributed by atoms with Gasteiger partial charge in [0.25, 0.3) is 5.91 Å². The molecule has 0 spiro atoms. The van der Waals surface area contributed by atoms with Gasteiger partial charge in [0.2, 0.25) is 10.0 Å². The Balaban J connectivity index is 1.40. The molecule has 0 aliphatic carbocycles. The number of ketones is 1. The number of ether oxygens (including phenoxy) is 1. The van der Waals surface area contributed by atoms with Crippen molar-refractivity contribution in [3.8, 4) is 0 Å². The number of nitrogens with one attached hydrogen (secondary N) is 1. The van der Waals surface area contributed by atoms with E-state index in [-0.39, 0.29) is 16.6 Å². The van der Waals surface area contributed by atoms with Crippen molar-refractivity contribution in [1.29, 1.82) is 0 Å². The molecule has 0 radical (unpaired) electrons. The maximum Gasteiger partial charge on any atom is 0.270 e. The second kappa shape index (κ2) is 9.24. The molecule has 2 saturated heterocycles. The minimum Gasteiger partial charge on any atom is -0.379 e. The van der Waals surface area contributed by atoms with Gasteiger partial charge in [0, 0.05) is 56.7 Å². The molecule has 2 aliphatic rings. The number of nitrogens with zero attached hydrogens (tertiary/aromatic N) is 4. The summed E-state index contributed by atoms with van der Waals surface area (Å²) in [7, 11) is -3.58. The summed E-state index contributed by atoms with van der Waals surface area (Å²) in [6, 6.07) is 3.29. The first-order chi connectivity index (χ1) is 15.7. The normalized spacial score (nSPS) is 17.9. The van der Waals surface area contributed by atoms with Crippen LogP contribution in [-0.2, 0) is 14.8 Å². The first-order valence-corrected chi connectivity index (χ1v) is 12.4. The van der Waals surface area contributed by atoms with Crippen LogP contribution in [0.4, 0.5) is 5.82 Å². The number of carbonyl (C=O) groups is 2. The molecule has 1 N–H and O–H groups in total. The van der Waals surface area contributed by atoms with Crippen molar-refractivity contribution in [3.63, 3.8) is 0 Å². The average Bonchev–Trinajstić information content (AvgIpc) is 3.13. The maximum absolute atomic E-state index is 13.0. The molecule has 10 nitrogen and oxygen atoms in total. The number of anilines is 1. The Bertz CT molecular complexity index is 1140. The Hall–Kier alpha value is -2.76. The van der Waals surface area contributed by atoms with E-state index in [0.717, 1.165) is 0 Å². The topological polar surface area (TPSA) is 116 Å². The second-order valence-corrected chi connectivity index (χ2v) is 10.3. The van der Waals surface area contributed by atoms with Crippen LogP contribution < -0.4 is 4.90 Å². The zero-order chi connectivity index (χ0) is 23.8. The van der Waals surface area contributed by atoms with E-state index in [4.69, 9.17) is 4.74 Å². The van der Waals surface area contributed by atoms with Crippen molar-refractivity contribution in [2.75, 3.05) is 57.4 Å². The highest BCUT2D eigenvalue weighted by atomic mass is 32.2. The van der Waals surface area contributed by atoms with Crippen molar-refractivity contribution >= 4 is 27.5 Å². The lowest BCUT2D eigenvalue weighted by Gasteiger charge is -2.35. The molecule has 0 saturated carbocycles. The van der Waals surface area contributed by atoms with Gasteiger partial charge in [0.05, 0.1) is 13.2 Å². The van der Waals surface area contributed by atoms with Crippen LogP contribution in [0.1, 0.15) is 39.0 Å². The Morgan fingerprint density at radius 1 is 1.03 bits per heavy atom. The molecule has 11 heteroatoms. The molecule has 0 aromatic carbocycles. The van der Waals surface area contributed by atoms with Gasteiger partial charge in [0.15, 0.2) is 5.78 Å². The van der Waals surface area contributed by atoms with E-state index in [1.807, 2.05) is 4.90 Å². The van der Waals surface area contributed by atoms with Crippen LogP contribution in [0, 0.1) is 13.8 Å². The van der Waals surface area contributed by atoms with Gasteiger partial charge in [-0.25, -0.2) is 13.4 Å². The number of aromatic nitrogens is 2. The molecule has 0 unspecified atom stereocenters. The van der Waals surface area contributed by atoms with Gasteiger partial charge < -0.3 is 19.5 Å². The first kappa shape index (κ1) is 23.4. The molecule has 0 bridgehead atoms. The van der Waals surface area contributed by atoms with E-state index in [0.29, 0.717) is 80.8 Å². The van der Waals surface area contributed by atoms with Crippen LogP contribution in [0.2, 0.25) is 0 Å². The minimum absolute atomic E-state index is 0.0599. The number of aromatic amines is 1. The summed E-state index contributed by atoms with van der Waals surface area (Å²) in [4.78, 5) is 36.3. The van der Waals surface area contributed by atoms with Gasteiger partial charge in [-0.05, 0) is 38.5 Å². The zero-order valence-electron chi connectivity index (χ0n) is 19.1. The largest absolute Gasteiger partial charge is 0.379 e. The lowest BCUT2D eigenvalue weighted by atomic mass is 10.1. The summed E-state index contributed by atoms with van der Waals surface area (Å²) in [6.07, 6.45) is 1.39. The van der Waals surface area contributed by atoms with E-state index >= 15 is 0 Å². The van der Waals surface area contributed by atoms with Crippen LogP contribution in [0.3, 0.4) is 0 Å². The van der Waals surface area contributed by atoms with E-state index in [1.54, 1.807) is 30.9 Å². The van der Waals surface area contributed by atoms with Crippen molar-refractivity contribution in [3.05, 3.63) is 40.8 Å². The van der Waals surface area contributed by atoms with Crippen LogP contribution in [0.15, 0.2) is 23.2 Å². The Morgan fingerprint density at radius 2 is 1.70 bits per heavy atom. The Labute approximate surface area is 193 Å². The fraction of sp³-hybridized carbons (Fsp3) is 0.500. The van der Waals surface area contributed by atoms with Crippen LogP contribution >= 0.6 is 0 Å². The van der Waals surface area contributed by atoms with Crippen molar-refractivity contribution in [1.82, 2.24) is 19.2 Å². The van der Waals surface area contributed by atoms with E-state index in [9.17, 15) is 18.0 Å². The van der Waals surface area contributed by atoms with Gasteiger partial charge in [-0.15, -0.1) is 0 Å². The van der Waals surface area contributed by atoms with E-state index in [1.165, 1.54) is 17.4 Å². The third-order valence-electron chi connectivity index (χ3n) is 6.22. The predicted octanol–water partition coefficient (Wildman–Crippen LogP) is 1.21. The molecule has 2 fully saturated rings. The number of sulfonamides is 1. The monoisotopic (exact) mass is 475 g/mol. The van der Waals surface area contributed by atoms with Crippen LogP contribution in [0.5, 0.6) is 0 Å².